The molecule has 0 bridgehead atoms. The first kappa shape index (κ1) is 18.0. The van der Waals surface area contributed by atoms with Gasteiger partial charge in [0.25, 0.3) is 10.1 Å². The highest BCUT2D eigenvalue weighted by Gasteiger charge is 2.00. The van der Waals surface area contributed by atoms with E-state index in [2.05, 4.69) is 30.6 Å². The predicted molar refractivity (Wildman–Crippen MR) is 79.2 cm³/mol. The van der Waals surface area contributed by atoms with Crippen LogP contribution >= 0.6 is 0 Å². The van der Waals surface area contributed by atoms with E-state index in [0.717, 1.165) is 12.8 Å². The SMILES string of the molecule is CCCCCCCCC#CCC#CCCS(=O)(=O)O. The van der Waals surface area contributed by atoms with E-state index >= 15 is 0 Å². The standard InChI is InChI=1S/C15H24O3S/c1-2-3-4-5-6-7-8-9-10-11-12-13-14-15-19(16,17)18/h2-8,11,14-15H2,1H3,(H,16,17,18). The lowest BCUT2D eigenvalue weighted by Crippen LogP contribution is -2.02. The van der Waals surface area contributed by atoms with Crippen LogP contribution < -0.4 is 0 Å². The Morgan fingerprint density at radius 2 is 1.42 bits per heavy atom. The third-order valence-corrected chi connectivity index (χ3v) is 3.29. The van der Waals surface area contributed by atoms with Gasteiger partial charge in [0.1, 0.15) is 0 Å². The molecule has 0 rings (SSSR count). The van der Waals surface area contributed by atoms with Crippen LogP contribution in [0.3, 0.4) is 0 Å². The molecule has 0 aromatic rings. The fourth-order valence-electron chi connectivity index (χ4n) is 1.52. The topological polar surface area (TPSA) is 54.4 Å². The van der Waals surface area contributed by atoms with Crippen molar-refractivity contribution in [1.82, 2.24) is 0 Å². The minimum atomic E-state index is -3.88. The van der Waals surface area contributed by atoms with Crippen molar-refractivity contribution in [1.29, 1.82) is 0 Å². The molecule has 0 atom stereocenters. The van der Waals surface area contributed by atoms with E-state index in [1.165, 1.54) is 32.1 Å². The van der Waals surface area contributed by atoms with Crippen LogP contribution in [0, 0.1) is 23.7 Å². The van der Waals surface area contributed by atoms with E-state index in [0.29, 0.717) is 6.42 Å². The summed E-state index contributed by atoms with van der Waals surface area (Å²) in [6.45, 7) is 2.21. The van der Waals surface area contributed by atoms with E-state index in [1.54, 1.807) is 0 Å². The Hall–Kier alpha value is -0.970. The number of rotatable bonds is 8. The Kier molecular flexibility index (Phi) is 11.5. The first-order valence-electron chi connectivity index (χ1n) is 6.93. The van der Waals surface area contributed by atoms with Crippen LogP contribution in [0.4, 0.5) is 0 Å². The maximum Gasteiger partial charge on any atom is 0.265 e. The highest BCUT2D eigenvalue weighted by molar-refractivity contribution is 7.85. The quantitative estimate of drug-likeness (QED) is 0.422. The van der Waals surface area contributed by atoms with Crippen molar-refractivity contribution in [3.8, 4) is 23.7 Å². The van der Waals surface area contributed by atoms with Crippen molar-refractivity contribution in [2.45, 2.75) is 64.7 Å². The summed E-state index contributed by atoms with van der Waals surface area (Å²) in [7, 11) is -3.88. The molecule has 0 fully saturated rings. The zero-order valence-corrected chi connectivity index (χ0v) is 12.6. The molecule has 0 aliphatic heterocycles. The van der Waals surface area contributed by atoms with E-state index in [-0.39, 0.29) is 12.2 Å². The van der Waals surface area contributed by atoms with E-state index in [9.17, 15) is 8.42 Å². The summed E-state index contributed by atoms with van der Waals surface area (Å²) < 4.78 is 29.3. The van der Waals surface area contributed by atoms with Crippen molar-refractivity contribution in [2.24, 2.45) is 0 Å². The first-order valence-corrected chi connectivity index (χ1v) is 8.54. The molecule has 0 saturated carbocycles. The second kappa shape index (κ2) is 12.1. The molecule has 0 amide bonds. The molecule has 0 aliphatic rings. The van der Waals surface area contributed by atoms with Crippen molar-refractivity contribution >= 4 is 10.1 Å². The summed E-state index contributed by atoms with van der Waals surface area (Å²) in [6, 6.07) is 0. The van der Waals surface area contributed by atoms with Crippen LogP contribution in [-0.4, -0.2) is 18.7 Å². The lowest BCUT2D eigenvalue weighted by atomic mass is 10.1. The minimum Gasteiger partial charge on any atom is -0.286 e. The maximum absolute atomic E-state index is 10.4. The van der Waals surface area contributed by atoms with Gasteiger partial charge in [-0.05, 0) is 6.42 Å². The van der Waals surface area contributed by atoms with Gasteiger partial charge in [0.05, 0.1) is 12.2 Å². The summed E-state index contributed by atoms with van der Waals surface area (Å²) in [4.78, 5) is 0. The van der Waals surface area contributed by atoms with Gasteiger partial charge in [-0.1, -0.05) is 50.9 Å². The molecule has 3 nitrogen and oxygen atoms in total. The van der Waals surface area contributed by atoms with Crippen LogP contribution in [-0.2, 0) is 10.1 Å². The summed E-state index contributed by atoms with van der Waals surface area (Å²) in [5, 5.41) is 0. The molecule has 0 heterocycles. The second-order valence-corrected chi connectivity index (χ2v) is 6.01. The molecular weight excluding hydrogens is 260 g/mol. The minimum absolute atomic E-state index is 0.165. The van der Waals surface area contributed by atoms with Gasteiger partial charge in [-0.2, -0.15) is 8.42 Å². The van der Waals surface area contributed by atoms with Crippen LogP contribution in [0.25, 0.3) is 0 Å². The van der Waals surface area contributed by atoms with Gasteiger partial charge in [0, 0.05) is 12.8 Å². The number of hydrogen-bond donors (Lipinski definition) is 1. The molecule has 19 heavy (non-hydrogen) atoms. The average molecular weight is 284 g/mol. The predicted octanol–water partition coefficient (Wildman–Crippen LogP) is 3.41. The van der Waals surface area contributed by atoms with E-state index in [1.807, 2.05) is 0 Å². The lowest BCUT2D eigenvalue weighted by Gasteiger charge is -1.96. The molecular formula is C15H24O3S. The zero-order valence-electron chi connectivity index (χ0n) is 11.7. The van der Waals surface area contributed by atoms with Gasteiger partial charge in [0.2, 0.25) is 0 Å². The molecule has 0 unspecified atom stereocenters. The van der Waals surface area contributed by atoms with E-state index in [4.69, 9.17) is 4.55 Å². The molecule has 0 spiro atoms. The van der Waals surface area contributed by atoms with Crippen molar-refractivity contribution < 1.29 is 13.0 Å². The Morgan fingerprint density at radius 3 is 2.05 bits per heavy atom. The monoisotopic (exact) mass is 284 g/mol. The fraction of sp³-hybridized carbons (Fsp3) is 0.733. The van der Waals surface area contributed by atoms with Gasteiger partial charge in [-0.15, -0.1) is 11.8 Å². The van der Waals surface area contributed by atoms with Gasteiger partial charge in [-0.25, -0.2) is 0 Å². The molecule has 0 saturated heterocycles. The largest absolute Gasteiger partial charge is 0.286 e. The zero-order chi connectivity index (χ0) is 14.4. The fourth-order valence-corrected chi connectivity index (χ4v) is 1.88. The van der Waals surface area contributed by atoms with Crippen LogP contribution in [0.15, 0.2) is 0 Å². The highest BCUT2D eigenvalue weighted by atomic mass is 32.2. The Morgan fingerprint density at radius 1 is 0.842 bits per heavy atom. The molecule has 0 aromatic heterocycles. The number of hydrogen-bond acceptors (Lipinski definition) is 2. The number of unbranched alkanes of at least 4 members (excludes halogenated alkanes) is 6. The van der Waals surface area contributed by atoms with Crippen molar-refractivity contribution in [3.63, 3.8) is 0 Å². The summed E-state index contributed by atoms with van der Waals surface area (Å²) in [6.07, 6.45) is 9.16. The normalized spacial score (nSPS) is 10.2. The lowest BCUT2D eigenvalue weighted by molar-refractivity contribution is 0.483. The summed E-state index contributed by atoms with van der Waals surface area (Å²) in [5.74, 6) is 11.2. The summed E-state index contributed by atoms with van der Waals surface area (Å²) in [5.41, 5.74) is 0. The maximum atomic E-state index is 10.4. The van der Waals surface area contributed by atoms with Gasteiger partial charge in [-0.3, -0.25) is 4.55 Å². The highest BCUT2D eigenvalue weighted by Crippen LogP contribution is 2.06. The molecule has 1 N–H and O–H groups in total. The van der Waals surface area contributed by atoms with Crippen molar-refractivity contribution in [2.75, 3.05) is 5.75 Å². The third kappa shape index (κ3) is 17.0. The summed E-state index contributed by atoms with van der Waals surface area (Å²) >= 11 is 0. The van der Waals surface area contributed by atoms with Crippen molar-refractivity contribution in [3.05, 3.63) is 0 Å². The molecule has 0 aliphatic carbocycles. The van der Waals surface area contributed by atoms with Gasteiger partial charge in [0.15, 0.2) is 0 Å². The first-order chi connectivity index (χ1) is 9.06. The smallest absolute Gasteiger partial charge is 0.265 e. The molecule has 0 aromatic carbocycles. The van der Waals surface area contributed by atoms with Gasteiger partial charge >= 0.3 is 0 Å². The Labute approximate surface area is 117 Å². The molecule has 4 heteroatoms. The Balaban J connectivity index is 3.43. The van der Waals surface area contributed by atoms with Crippen LogP contribution in [0.2, 0.25) is 0 Å². The van der Waals surface area contributed by atoms with Crippen LogP contribution in [0.5, 0.6) is 0 Å². The molecule has 0 radical (unpaired) electrons. The average Bonchev–Trinajstić information content (AvgIpc) is 2.34. The second-order valence-electron chi connectivity index (χ2n) is 4.44. The van der Waals surface area contributed by atoms with Crippen LogP contribution in [0.1, 0.15) is 64.7 Å². The Bertz CT molecular complexity index is 429. The van der Waals surface area contributed by atoms with Gasteiger partial charge < -0.3 is 0 Å². The molecule has 108 valence electrons. The third-order valence-electron chi connectivity index (χ3n) is 2.57. The van der Waals surface area contributed by atoms with E-state index < -0.39 is 10.1 Å².